The molecule has 96 valence electrons. The zero-order chi connectivity index (χ0) is 13.5. The SMILES string of the molecule is COCCN(CC(=O)O)c1ccc(C#N)c(C)c1. The van der Waals surface area contributed by atoms with Crippen molar-refractivity contribution in [1.82, 2.24) is 0 Å². The summed E-state index contributed by atoms with van der Waals surface area (Å²) in [4.78, 5) is 12.5. The Labute approximate surface area is 106 Å². The summed E-state index contributed by atoms with van der Waals surface area (Å²) in [6, 6.07) is 7.36. The van der Waals surface area contributed by atoms with Crippen LogP contribution in [0.25, 0.3) is 0 Å². The van der Waals surface area contributed by atoms with Crippen LogP contribution in [0.2, 0.25) is 0 Å². The van der Waals surface area contributed by atoms with E-state index in [2.05, 4.69) is 6.07 Å². The van der Waals surface area contributed by atoms with Gasteiger partial charge in [-0.05, 0) is 30.7 Å². The Hall–Kier alpha value is -2.06. The monoisotopic (exact) mass is 248 g/mol. The summed E-state index contributed by atoms with van der Waals surface area (Å²) in [6.07, 6.45) is 0. The Morgan fingerprint density at radius 1 is 1.56 bits per heavy atom. The zero-order valence-electron chi connectivity index (χ0n) is 10.5. The number of anilines is 1. The number of methoxy groups -OCH3 is 1. The van der Waals surface area contributed by atoms with Crippen molar-refractivity contribution in [3.63, 3.8) is 0 Å². The molecule has 0 atom stereocenters. The van der Waals surface area contributed by atoms with Gasteiger partial charge in [-0.3, -0.25) is 4.79 Å². The Morgan fingerprint density at radius 2 is 2.28 bits per heavy atom. The van der Waals surface area contributed by atoms with E-state index in [1.807, 2.05) is 13.0 Å². The molecule has 1 aromatic carbocycles. The predicted molar refractivity (Wildman–Crippen MR) is 67.6 cm³/mol. The largest absolute Gasteiger partial charge is 0.480 e. The van der Waals surface area contributed by atoms with Crippen LogP contribution in [0.15, 0.2) is 18.2 Å². The second-order valence-electron chi connectivity index (χ2n) is 3.92. The molecule has 0 aliphatic rings. The molecule has 0 aliphatic heterocycles. The highest BCUT2D eigenvalue weighted by Gasteiger charge is 2.11. The Bertz CT molecular complexity index is 466. The van der Waals surface area contributed by atoms with E-state index in [1.165, 1.54) is 0 Å². The van der Waals surface area contributed by atoms with Gasteiger partial charge in [0.15, 0.2) is 0 Å². The molecule has 0 saturated carbocycles. The lowest BCUT2D eigenvalue weighted by molar-refractivity contribution is -0.135. The third-order valence-corrected chi connectivity index (χ3v) is 2.59. The van der Waals surface area contributed by atoms with E-state index in [9.17, 15) is 4.79 Å². The number of aliphatic carboxylic acids is 1. The smallest absolute Gasteiger partial charge is 0.323 e. The van der Waals surface area contributed by atoms with Crippen molar-refractivity contribution in [1.29, 1.82) is 5.26 Å². The topological polar surface area (TPSA) is 73.6 Å². The maximum absolute atomic E-state index is 10.8. The molecule has 1 N–H and O–H groups in total. The van der Waals surface area contributed by atoms with Crippen LogP contribution in [0, 0.1) is 18.3 Å². The zero-order valence-corrected chi connectivity index (χ0v) is 10.5. The fraction of sp³-hybridized carbons (Fsp3) is 0.385. The first-order chi connectivity index (χ1) is 8.58. The van der Waals surface area contributed by atoms with Crippen molar-refractivity contribution in [2.45, 2.75) is 6.92 Å². The minimum atomic E-state index is -0.895. The Morgan fingerprint density at radius 3 is 2.78 bits per heavy atom. The van der Waals surface area contributed by atoms with Gasteiger partial charge in [0.2, 0.25) is 0 Å². The number of hydrogen-bond donors (Lipinski definition) is 1. The van der Waals surface area contributed by atoms with E-state index < -0.39 is 5.97 Å². The Kier molecular flexibility index (Phi) is 5.15. The number of nitriles is 1. The number of carbonyl (C=O) groups is 1. The second kappa shape index (κ2) is 6.62. The lowest BCUT2D eigenvalue weighted by Gasteiger charge is -2.23. The molecule has 0 heterocycles. The standard InChI is InChI=1S/C13H16N2O3/c1-10-7-12(4-3-11(10)8-14)15(5-6-18-2)9-13(16)17/h3-4,7H,5-6,9H2,1-2H3,(H,16,17). The molecule has 1 rings (SSSR count). The first-order valence-electron chi connectivity index (χ1n) is 5.55. The predicted octanol–water partition coefficient (Wildman–Crippen LogP) is 1.40. The van der Waals surface area contributed by atoms with Crippen LogP contribution in [0.1, 0.15) is 11.1 Å². The summed E-state index contributed by atoms with van der Waals surface area (Å²) >= 11 is 0. The van der Waals surface area contributed by atoms with Gasteiger partial charge in [-0.2, -0.15) is 5.26 Å². The highest BCUT2D eigenvalue weighted by Crippen LogP contribution is 2.18. The number of carboxylic acid groups (broad SMARTS) is 1. The van der Waals surface area contributed by atoms with Gasteiger partial charge in [0.1, 0.15) is 6.54 Å². The van der Waals surface area contributed by atoms with E-state index in [0.717, 1.165) is 11.3 Å². The molecule has 5 nitrogen and oxygen atoms in total. The van der Waals surface area contributed by atoms with Crippen molar-refractivity contribution in [2.24, 2.45) is 0 Å². The van der Waals surface area contributed by atoms with Crippen molar-refractivity contribution in [2.75, 3.05) is 31.7 Å². The van der Waals surface area contributed by atoms with Crippen LogP contribution in [-0.4, -0.2) is 37.9 Å². The number of ether oxygens (including phenoxy) is 1. The average Bonchev–Trinajstić information content (AvgIpc) is 2.34. The second-order valence-corrected chi connectivity index (χ2v) is 3.92. The van der Waals surface area contributed by atoms with Gasteiger partial charge in [0.25, 0.3) is 0 Å². The summed E-state index contributed by atoms with van der Waals surface area (Å²) in [5, 5.41) is 17.7. The normalized spacial score (nSPS) is 9.83. The van der Waals surface area contributed by atoms with E-state index >= 15 is 0 Å². The Balaban J connectivity index is 2.94. The van der Waals surface area contributed by atoms with Gasteiger partial charge in [0.05, 0.1) is 18.2 Å². The van der Waals surface area contributed by atoms with Crippen LogP contribution >= 0.6 is 0 Å². The van der Waals surface area contributed by atoms with Crippen LogP contribution in [-0.2, 0) is 9.53 Å². The molecule has 0 aliphatic carbocycles. The number of nitrogens with zero attached hydrogens (tertiary/aromatic N) is 2. The average molecular weight is 248 g/mol. The summed E-state index contributed by atoms with van der Waals surface area (Å²) in [7, 11) is 1.57. The lowest BCUT2D eigenvalue weighted by Crippen LogP contribution is -2.32. The maximum Gasteiger partial charge on any atom is 0.323 e. The fourth-order valence-corrected chi connectivity index (χ4v) is 1.63. The molecule has 1 aromatic rings. The molecule has 5 heteroatoms. The molecule has 0 radical (unpaired) electrons. The fourth-order valence-electron chi connectivity index (χ4n) is 1.63. The number of hydrogen-bond acceptors (Lipinski definition) is 4. The van der Waals surface area contributed by atoms with Crippen LogP contribution in [0.5, 0.6) is 0 Å². The van der Waals surface area contributed by atoms with E-state index in [0.29, 0.717) is 18.7 Å². The van der Waals surface area contributed by atoms with Crippen LogP contribution in [0.3, 0.4) is 0 Å². The van der Waals surface area contributed by atoms with Gasteiger partial charge in [-0.25, -0.2) is 0 Å². The van der Waals surface area contributed by atoms with Gasteiger partial charge >= 0.3 is 5.97 Å². The van der Waals surface area contributed by atoms with Crippen LogP contribution in [0.4, 0.5) is 5.69 Å². The van der Waals surface area contributed by atoms with Crippen LogP contribution < -0.4 is 4.90 Å². The molecular formula is C13H16N2O3. The third kappa shape index (κ3) is 3.75. The minimum Gasteiger partial charge on any atom is -0.480 e. The van der Waals surface area contributed by atoms with Crippen molar-refractivity contribution in [3.8, 4) is 6.07 Å². The molecule has 0 fully saturated rings. The first-order valence-corrected chi connectivity index (χ1v) is 5.55. The molecule has 0 aromatic heterocycles. The van der Waals surface area contributed by atoms with E-state index in [1.54, 1.807) is 24.1 Å². The highest BCUT2D eigenvalue weighted by molar-refractivity contribution is 5.74. The quantitative estimate of drug-likeness (QED) is 0.823. The van der Waals surface area contributed by atoms with Gasteiger partial charge in [-0.15, -0.1) is 0 Å². The molecule has 18 heavy (non-hydrogen) atoms. The van der Waals surface area contributed by atoms with Crippen molar-refractivity contribution < 1.29 is 14.6 Å². The number of aryl methyl sites for hydroxylation is 1. The summed E-state index contributed by atoms with van der Waals surface area (Å²) in [5.41, 5.74) is 2.22. The van der Waals surface area contributed by atoms with E-state index in [-0.39, 0.29) is 6.54 Å². The third-order valence-electron chi connectivity index (χ3n) is 2.59. The van der Waals surface area contributed by atoms with Gasteiger partial charge < -0.3 is 14.7 Å². The molecule has 0 spiro atoms. The first kappa shape index (κ1) is 14.0. The molecular weight excluding hydrogens is 232 g/mol. The van der Waals surface area contributed by atoms with E-state index in [4.69, 9.17) is 15.1 Å². The highest BCUT2D eigenvalue weighted by atomic mass is 16.5. The summed E-state index contributed by atoms with van der Waals surface area (Å²) in [6.45, 7) is 2.69. The van der Waals surface area contributed by atoms with Crippen molar-refractivity contribution >= 4 is 11.7 Å². The van der Waals surface area contributed by atoms with Crippen molar-refractivity contribution in [3.05, 3.63) is 29.3 Å². The van der Waals surface area contributed by atoms with Gasteiger partial charge in [0, 0.05) is 19.3 Å². The molecule has 0 bridgehead atoms. The minimum absolute atomic E-state index is 0.0886. The van der Waals surface area contributed by atoms with Gasteiger partial charge in [-0.1, -0.05) is 0 Å². The maximum atomic E-state index is 10.8. The lowest BCUT2D eigenvalue weighted by atomic mass is 10.1. The summed E-state index contributed by atoms with van der Waals surface area (Å²) in [5.74, 6) is -0.895. The number of rotatable bonds is 6. The molecule has 0 unspecified atom stereocenters. The molecule has 0 saturated heterocycles. The number of carboxylic acids is 1. The number of benzene rings is 1. The summed E-state index contributed by atoms with van der Waals surface area (Å²) < 4.78 is 4.96. The molecule has 0 amide bonds.